The zero-order valence-corrected chi connectivity index (χ0v) is 15.9. The van der Waals surface area contributed by atoms with Crippen LogP contribution in [0.1, 0.15) is 5.56 Å². The van der Waals surface area contributed by atoms with Crippen molar-refractivity contribution in [3.05, 3.63) is 72.0 Å². The molecule has 0 fully saturated rings. The summed E-state index contributed by atoms with van der Waals surface area (Å²) >= 11 is 0. The lowest BCUT2D eigenvalue weighted by atomic mass is 10.0. The summed E-state index contributed by atoms with van der Waals surface area (Å²) in [4.78, 5) is 12.6. The van der Waals surface area contributed by atoms with Crippen LogP contribution < -0.4 is 14.8 Å². The van der Waals surface area contributed by atoms with Gasteiger partial charge in [-0.15, -0.1) is 0 Å². The van der Waals surface area contributed by atoms with Crippen molar-refractivity contribution in [3.8, 4) is 22.6 Å². The number of aromatic nitrogens is 2. The van der Waals surface area contributed by atoms with E-state index in [1.165, 1.54) is 0 Å². The molecule has 0 radical (unpaired) electrons. The maximum Gasteiger partial charge on any atom is 0.230 e. The predicted molar refractivity (Wildman–Crippen MR) is 111 cm³/mol. The van der Waals surface area contributed by atoms with E-state index in [0.29, 0.717) is 35.8 Å². The topological polar surface area (TPSA) is 76.2 Å². The number of ether oxygens (including phenoxy) is 2. The first-order valence-corrected chi connectivity index (χ1v) is 9.59. The van der Waals surface area contributed by atoms with E-state index in [1.807, 2.05) is 36.4 Å². The molecule has 5 rings (SSSR count). The first kappa shape index (κ1) is 18.2. The van der Waals surface area contributed by atoms with E-state index in [-0.39, 0.29) is 23.5 Å². The van der Waals surface area contributed by atoms with Gasteiger partial charge < -0.3 is 14.8 Å². The van der Waals surface area contributed by atoms with Gasteiger partial charge in [-0.1, -0.05) is 36.4 Å². The van der Waals surface area contributed by atoms with Crippen molar-refractivity contribution in [1.29, 1.82) is 0 Å². The van der Waals surface area contributed by atoms with Gasteiger partial charge in [-0.25, -0.2) is 4.39 Å². The maximum atomic E-state index is 15.3. The molecule has 4 aromatic rings. The van der Waals surface area contributed by atoms with Gasteiger partial charge >= 0.3 is 0 Å². The minimum atomic E-state index is -0.429. The number of hydrogen-bond acceptors (Lipinski definition) is 4. The van der Waals surface area contributed by atoms with E-state index in [0.717, 1.165) is 11.1 Å². The minimum Gasteiger partial charge on any atom is -0.486 e. The molecular weight excluding hydrogens is 385 g/mol. The Morgan fingerprint density at radius 3 is 2.67 bits per heavy atom. The van der Waals surface area contributed by atoms with Crippen molar-refractivity contribution in [2.24, 2.45) is 0 Å². The Morgan fingerprint density at radius 2 is 1.83 bits per heavy atom. The van der Waals surface area contributed by atoms with Gasteiger partial charge in [-0.05, 0) is 35.4 Å². The SMILES string of the molecule is O=C(Cc1ccc2c(c1)OCCO2)Nc1n[nH]c2ccc(-c3ccccc3)c(F)c12. The van der Waals surface area contributed by atoms with Crippen molar-refractivity contribution < 1.29 is 18.7 Å². The number of amides is 1. The van der Waals surface area contributed by atoms with Crippen molar-refractivity contribution in [3.63, 3.8) is 0 Å². The largest absolute Gasteiger partial charge is 0.486 e. The van der Waals surface area contributed by atoms with Crippen molar-refractivity contribution >= 4 is 22.6 Å². The smallest absolute Gasteiger partial charge is 0.230 e. The molecule has 7 heteroatoms. The zero-order chi connectivity index (χ0) is 20.5. The Morgan fingerprint density at radius 1 is 1.03 bits per heavy atom. The monoisotopic (exact) mass is 403 g/mol. The molecule has 0 aliphatic carbocycles. The first-order chi connectivity index (χ1) is 14.7. The lowest BCUT2D eigenvalue weighted by Crippen LogP contribution is -2.17. The van der Waals surface area contributed by atoms with Crippen molar-refractivity contribution in [2.75, 3.05) is 18.5 Å². The molecular formula is C23H18FN3O3. The van der Waals surface area contributed by atoms with E-state index in [1.54, 1.807) is 24.3 Å². The number of benzene rings is 3. The molecule has 0 saturated carbocycles. The highest BCUT2D eigenvalue weighted by Gasteiger charge is 2.18. The summed E-state index contributed by atoms with van der Waals surface area (Å²) in [7, 11) is 0. The summed E-state index contributed by atoms with van der Waals surface area (Å²) in [5.41, 5.74) is 2.49. The van der Waals surface area contributed by atoms with Gasteiger partial charge in [0.25, 0.3) is 0 Å². The number of nitrogens with zero attached hydrogens (tertiary/aromatic N) is 1. The van der Waals surface area contributed by atoms with Crippen LogP contribution in [0.3, 0.4) is 0 Å². The summed E-state index contributed by atoms with van der Waals surface area (Å²) in [6, 6.07) is 18.1. The Kier molecular flexibility index (Phi) is 4.55. The summed E-state index contributed by atoms with van der Waals surface area (Å²) in [6.07, 6.45) is 0.102. The number of aromatic amines is 1. The molecule has 6 nitrogen and oxygen atoms in total. The molecule has 0 bridgehead atoms. The van der Waals surface area contributed by atoms with Crippen LogP contribution in [-0.4, -0.2) is 29.3 Å². The van der Waals surface area contributed by atoms with Gasteiger partial charge in [-0.3, -0.25) is 9.89 Å². The molecule has 1 aliphatic rings. The quantitative estimate of drug-likeness (QED) is 0.532. The molecule has 2 heterocycles. The van der Waals surface area contributed by atoms with Crippen molar-refractivity contribution in [2.45, 2.75) is 6.42 Å². The number of carbonyl (C=O) groups is 1. The third kappa shape index (κ3) is 3.34. The summed E-state index contributed by atoms with van der Waals surface area (Å²) in [5.74, 6) is 0.726. The molecule has 0 spiro atoms. The Bertz CT molecular complexity index is 1240. The highest BCUT2D eigenvalue weighted by Crippen LogP contribution is 2.33. The second-order valence-electron chi connectivity index (χ2n) is 6.99. The van der Waals surface area contributed by atoms with E-state index in [9.17, 15) is 4.79 Å². The van der Waals surface area contributed by atoms with Gasteiger partial charge in [0.15, 0.2) is 17.3 Å². The van der Waals surface area contributed by atoms with Crippen LogP contribution in [0.4, 0.5) is 10.2 Å². The Balaban J connectivity index is 1.40. The second-order valence-corrected chi connectivity index (χ2v) is 6.99. The number of rotatable bonds is 4. The van der Waals surface area contributed by atoms with E-state index >= 15 is 4.39 Å². The van der Waals surface area contributed by atoms with Gasteiger partial charge in [0.05, 0.1) is 17.3 Å². The molecule has 30 heavy (non-hydrogen) atoms. The predicted octanol–water partition coefficient (Wildman–Crippen LogP) is 4.32. The first-order valence-electron chi connectivity index (χ1n) is 9.59. The molecule has 1 aliphatic heterocycles. The molecule has 1 amide bonds. The number of carbonyl (C=O) groups excluding carboxylic acids is 1. The normalized spacial score (nSPS) is 12.7. The molecule has 1 aromatic heterocycles. The highest BCUT2D eigenvalue weighted by molar-refractivity contribution is 6.02. The minimum absolute atomic E-state index is 0.102. The third-order valence-electron chi connectivity index (χ3n) is 4.98. The molecule has 0 saturated heterocycles. The average molecular weight is 403 g/mol. The molecule has 150 valence electrons. The van der Waals surface area contributed by atoms with Crippen LogP contribution in [0, 0.1) is 5.82 Å². The second kappa shape index (κ2) is 7.51. The summed E-state index contributed by atoms with van der Waals surface area (Å²) < 4.78 is 26.3. The highest BCUT2D eigenvalue weighted by atomic mass is 19.1. The molecule has 0 atom stereocenters. The Labute approximate surface area is 171 Å². The maximum absolute atomic E-state index is 15.3. The lowest BCUT2D eigenvalue weighted by Gasteiger charge is -2.18. The standard InChI is InChI=1S/C23H18FN3O3/c24-22-16(15-4-2-1-3-5-15)7-8-17-21(22)23(27-26-17)25-20(28)13-14-6-9-18-19(12-14)30-11-10-29-18/h1-9,12H,10-11,13H2,(H2,25,26,27,28). The van der Waals surface area contributed by atoms with Crippen LogP contribution >= 0.6 is 0 Å². The summed E-state index contributed by atoms with van der Waals surface area (Å²) in [5, 5.41) is 9.85. The number of fused-ring (bicyclic) bond motifs is 2. The fourth-order valence-corrected chi connectivity index (χ4v) is 3.56. The van der Waals surface area contributed by atoms with Crippen LogP contribution in [0.25, 0.3) is 22.0 Å². The Hall–Kier alpha value is -3.87. The molecule has 2 N–H and O–H groups in total. The number of nitrogens with one attached hydrogen (secondary N) is 2. The fourth-order valence-electron chi connectivity index (χ4n) is 3.56. The van der Waals surface area contributed by atoms with E-state index < -0.39 is 5.82 Å². The van der Waals surface area contributed by atoms with Crippen LogP contribution in [0.5, 0.6) is 11.5 Å². The van der Waals surface area contributed by atoms with Crippen molar-refractivity contribution in [1.82, 2.24) is 10.2 Å². The van der Waals surface area contributed by atoms with Crippen LogP contribution in [0.15, 0.2) is 60.7 Å². The number of anilines is 1. The van der Waals surface area contributed by atoms with Crippen LogP contribution in [0.2, 0.25) is 0 Å². The fraction of sp³-hybridized carbons (Fsp3) is 0.130. The van der Waals surface area contributed by atoms with E-state index in [2.05, 4.69) is 15.5 Å². The van der Waals surface area contributed by atoms with Gasteiger partial charge in [-0.2, -0.15) is 5.10 Å². The summed E-state index contributed by atoms with van der Waals surface area (Å²) in [6.45, 7) is 0.987. The van der Waals surface area contributed by atoms with E-state index in [4.69, 9.17) is 9.47 Å². The third-order valence-corrected chi connectivity index (χ3v) is 4.98. The van der Waals surface area contributed by atoms with Gasteiger partial charge in [0.2, 0.25) is 5.91 Å². The number of halogens is 1. The molecule has 3 aromatic carbocycles. The van der Waals surface area contributed by atoms with Gasteiger partial charge in [0, 0.05) is 5.56 Å². The van der Waals surface area contributed by atoms with Crippen LogP contribution in [-0.2, 0) is 11.2 Å². The lowest BCUT2D eigenvalue weighted by molar-refractivity contribution is -0.115. The number of H-pyrrole nitrogens is 1. The number of hydrogen-bond donors (Lipinski definition) is 2. The average Bonchev–Trinajstić information content (AvgIpc) is 3.18. The zero-order valence-electron chi connectivity index (χ0n) is 15.9. The van der Waals surface area contributed by atoms with Gasteiger partial charge in [0.1, 0.15) is 19.0 Å². The molecule has 0 unspecified atom stereocenters.